The van der Waals surface area contributed by atoms with Crippen molar-refractivity contribution in [1.82, 2.24) is 4.57 Å². The van der Waals surface area contributed by atoms with Gasteiger partial charge in [0.15, 0.2) is 0 Å². The third-order valence-corrected chi connectivity index (χ3v) is 5.22. The molecule has 0 bridgehead atoms. The first-order chi connectivity index (χ1) is 12.7. The monoisotopic (exact) mass is 381 g/mol. The molecule has 0 aliphatic heterocycles. The Kier molecular flexibility index (Phi) is 5.22. The number of ether oxygens (including phenoxy) is 1. The molecule has 1 aliphatic rings. The third kappa shape index (κ3) is 3.82. The fourth-order valence-electron chi connectivity index (χ4n) is 4.18. The average molecular weight is 381 g/mol. The molecule has 0 saturated heterocycles. The molecule has 1 N–H and O–H groups in total. The van der Waals surface area contributed by atoms with Gasteiger partial charge < -0.3 is 14.4 Å². The van der Waals surface area contributed by atoms with Crippen LogP contribution in [-0.2, 0) is 0 Å². The van der Waals surface area contributed by atoms with Crippen LogP contribution >= 0.6 is 0 Å². The lowest BCUT2D eigenvalue weighted by molar-refractivity contribution is -0.274. The first kappa shape index (κ1) is 19.3. The van der Waals surface area contributed by atoms with Crippen LogP contribution in [0.15, 0.2) is 24.3 Å². The highest BCUT2D eigenvalue weighted by Crippen LogP contribution is 2.42. The fraction of sp³-hybridized carbons (Fsp3) is 0.450. The van der Waals surface area contributed by atoms with Crippen LogP contribution in [0.2, 0.25) is 0 Å². The quantitative estimate of drug-likeness (QED) is 0.720. The number of aromatic carboxylic acids is 1. The highest BCUT2D eigenvalue weighted by Gasteiger charge is 2.34. The number of benzene rings is 1. The van der Waals surface area contributed by atoms with E-state index in [2.05, 4.69) is 4.74 Å². The fourth-order valence-corrected chi connectivity index (χ4v) is 4.18. The minimum absolute atomic E-state index is 0.0690. The second-order valence-corrected chi connectivity index (χ2v) is 6.94. The lowest BCUT2D eigenvalue weighted by Gasteiger charge is -2.28. The van der Waals surface area contributed by atoms with Crippen molar-refractivity contribution in [1.29, 1.82) is 0 Å². The second kappa shape index (κ2) is 7.29. The van der Waals surface area contributed by atoms with Crippen molar-refractivity contribution >= 4 is 5.97 Å². The van der Waals surface area contributed by atoms with E-state index in [9.17, 15) is 23.1 Å². The number of nitrogens with zero attached hydrogens (tertiary/aromatic N) is 1. The van der Waals surface area contributed by atoms with Crippen LogP contribution in [-0.4, -0.2) is 22.0 Å². The summed E-state index contributed by atoms with van der Waals surface area (Å²) in [6.07, 6.45) is 0.0853. The second-order valence-electron chi connectivity index (χ2n) is 6.94. The minimum Gasteiger partial charge on any atom is -0.478 e. The van der Waals surface area contributed by atoms with E-state index >= 15 is 0 Å². The zero-order valence-corrected chi connectivity index (χ0v) is 15.3. The molecule has 7 heteroatoms. The van der Waals surface area contributed by atoms with Crippen molar-refractivity contribution in [3.05, 3.63) is 41.1 Å². The van der Waals surface area contributed by atoms with Gasteiger partial charge in [-0.2, -0.15) is 0 Å². The highest BCUT2D eigenvalue weighted by atomic mass is 19.4. The van der Waals surface area contributed by atoms with E-state index in [0.29, 0.717) is 17.0 Å². The number of hydrogen-bond donors (Lipinski definition) is 1. The van der Waals surface area contributed by atoms with Crippen molar-refractivity contribution < 1.29 is 27.8 Å². The smallest absolute Gasteiger partial charge is 0.478 e. The van der Waals surface area contributed by atoms with Gasteiger partial charge in [-0.3, -0.25) is 0 Å². The van der Waals surface area contributed by atoms with Crippen LogP contribution in [0.3, 0.4) is 0 Å². The number of alkyl halides is 3. The highest BCUT2D eigenvalue weighted by molar-refractivity contribution is 5.94. The first-order valence-electron chi connectivity index (χ1n) is 9.00. The number of carboxylic acids is 1. The summed E-state index contributed by atoms with van der Waals surface area (Å²) in [4.78, 5) is 11.8. The average Bonchev–Trinajstić information content (AvgIpc) is 2.85. The van der Waals surface area contributed by atoms with Gasteiger partial charge >= 0.3 is 12.3 Å². The summed E-state index contributed by atoms with van der Waals surface area (Å²) in [6, 6.07) is 5.98. The molecule has 0 amide bonds. The van der Waals surface area contributed by atoms with Crippen molar-refractivity contribution in [2.75, 3.05) is 0 Å². The van der Waals surface area contributed by atoms with Crippen LogP contribution in [0.25, 0.3) is 11.3 Å². The molecule has 0 atom stereocenters. The number of carboxylic acid groups (broad SMARTS) is 1. The molecule has 27 heavy (non-hydrogen) atoms. The van der Waals surface area contributed by atoms with Gasteiger partial charge in [-0.1, -0.05) is 31.4 Å². The Hall–Kier alpha value is -2.44. The van der Waals surface area contributed by atoms with E-state index in [1.807, 2.05) is 4.57 Å². The van der Waals surface area contributed by atoms with Gasteiger partial charge in [0.05, 0.1) is 11.3 Å². The van der Waals surface area contributed by atoms with E-state index in [1.54, 1.807) is 26.0 Å². The normalized spacial score (nSPS) is 15.7. The number of rotatable bonds is 4. The lowest BCUT2D eigenvalue weighted by atomic mass is 9.94. The Labute approximate surface area is 155 Å². The molecule has 1 aromatic carbocycles. The summed E-state index contributed by atoms with van der Waals surface area (Å²) in [5.74, 6) is -1.39. The minimum atomic E-state index is -4.82. The number of halogens is 3. The van der Waals surface area contributed by atoms with Crippen LogP contribution in [0.1, 0.15) is 59.8 Å². The summed E-state index contributed by atoms with van der Waals surface area (Å²) >= 11 is 0. The maximum Gasteiger partial charge on any atom is 0.573 e. The zero-order valence-electron chi connectivity index (χ0n) is 15.3. The zero-order chi connectivity index (χ0) is 19.8. The van der Waals surface area contributed by atoms with Gasteiger partial charge in [0, 0.05) is 17.3 Å². The molecule has 1 fully saturated rings. The van der Waals surface area contributed by atoms with Crippen molar-refractivity contribution in [2.24, 2.45) is 0 Å². The predicted octanol–water partition coefficient (Wildman–Crippen LogP) is 5.87. The molecule has 0 spiro atoms. The molecule has 146 valence electrons. The molecular weight excluding hydrogens is 359 g/mol. The lowest BCUT2D eigenvalue weighted by Crippen LogP contribution is -2.19. The van der Waals surface area contributed by atoms with Gasteiger partial charge in [-0.15, -0.1) is 13.2 Å². The summed E-state index contributed by atoms with van der Waals surface area (Å²) in [5.41, 5.74) is 1.94. The largest absolute Gasteiger partial charge is 0.573 e. The summed E-state index contributed by atoms with van der Waals surface area (Å²) in [7, 11) is 0. The Balaban J connectivity index is 2.24. The van der Waals surface area contributed by atoms with Crippen molar-refractivity contribution in [3.8, 4) is 17.0 Å². The maximum atomic E-state index is 12.9. The summed E-state index contributed by atoms with van der Waals surface area (Å²) in [6.45, 7) is 3.37. The molecule has 0 radical (unpaired) electrons. The van der Waals surface area contributed by atoms with Gasteiger partial charge in [0.25, 0.3) is 0 Å². The van der Waals surface area contributed by atoms with E-state index in [4.69, 9.17) is 0 Å². The molecule has 3 rings (SSSR count). The predicted molar refractivity (Wildman–Crippen MR) is 95.1 cm³/mol. The molecule has 1 aromatic heterocycles. The number of aromatic nitrogens is 1. The van der Waals surface area contributed by atoms with E-state index in [-0.39, 0.29) is 22.9 Å². The topological polar surface area (TPSA) is 51.5 Å². The SMILES string of the molecule is Cc1c(C(=O)O)c(C)n(C2CCCCC2)c1-c1ccccc1OC(F)(F)F. The standard InChI is InChI=1S/C20H22F3NO3/c1-12-17(19(25)26)13(2)24(14-8-4-3-5-9-14)18(12)15-10-6-7-11-16(15)27-20(21,22)23/h6-7,10-11,14H,3-5,8-9H2,1-2H3,(H,25,26). The van der Waals surface area contributed by atoms with E-state index in [0.717, 1.165) is 32.1 Å². The Morgan fingerprint density at radius 2 is 1.78 bits per heavy atom. The molecule has 0 unspecified atom stereocenters. The third-order valence-electron chi connectivity index (χ3n) is 5.22. The van der Waals surface area contributed by atoms with Crippen LogP contribution in [0.5, 0.6) is 5.75 Å². The molecule has 1 saturated carbocycles. The summed E-state index contributed by atoms with van der Waals surface area (Å²) in [5, 5.41) is 9.66. The van der Waals surface area contributed by atoms with E-state index < -0.39 is 12.3 Å². The first-order valence-corrected chi connectivity index (χ1v) is 9.00. The van der Waals surface area contributed by atoms with Crippen LogP contribution in [0.4, 0.5) is 13.2 Å². The van der Waals surface area contributed by atoms with Gasteiger partial charge in [0.1, 0.15) is 5.75 Å². The van der Waals surface area contributed by atoms with Crippen molar-refractivity contribution in [3.63, 3.8) is 0 Å². The molecular formula is C20H22F3NO3. The Morgan fingerprint density at radius 1 is 1.15 bits per heavy atom. The molecule has 1 aliphatic carbocycles. The van der Waals surface area contributed by atoms with Gasteiger partial charge in [-0.25, -0.2) is 4.79 Å². The van der Waals surface area contributed by atoms with Crippen molar-refractivity contribution in [2.45, 2.75) is 58.4 Å². The Bertz CT molecular complexity index is 849. The molecule has 4 nitrogen and oxygen atoms in total. The summed E-state index contributed by atoms with van der Waals surface area (Å²) < 4.78 is 44.8. The maximum absolute atomic E-state index is 12.9. The van der Waals surface area contributed by atoms with Gasteiger partial charge in [-0.05, 0) is 44.4 Å². The number of para-hydroxylation sites is 1. The number of hydrogen-bond acceptors (Lipinski definition) is 2. The number of carbonyl (C=O) groups is 1. The molecule has 2 aromatic rings. The molecule has 1 heterocycles. The van der Waals surface area contributed by atoms with Crippen LogP contribution < -0.4 is 4.74 Å². The van der Waals surface area contributed by atoms with Crippen LogP contribution in [0, 0.1) is 13.8 Å². The van der Waals surface area contributed by atoms with Gasteiger partial charge in [0.2, 0.25) is 0 Å². The van der Waals surface area contributed by atoms with E-state index in [1.165, 1.54) is 12.1 Å². The Morgan fingerprint density at radius 3 is 2.37 bits per heavy atom.